The van der Waals surface area contributed by atoms with Crippen molar-refractivity contribution in [3.63, 3.8) is 0 Å². The zero-order chi connectivity index (χ0) is 12.3. The largest absolute Gasteiger partial charge is 0.503 e. The van der Waals surface area contributed by atoms with Crippen LogP contribution in [-0.4, -0.2) is 31.5 Å². The lowest BCUT2D eigenvalue weighted by Crippen LogP contribution is -2.34. The van der Waals surface area contributed by atoms with Gasteiger partial charge in [0, 0.05) is 6.54 Å². The van der Waals surface area contributed by atoms with Crippen molar-refractivity contribution in [3.05, 3.63) is 22.2 Å². The third kappa shape index (κ3) is 3.51. The average molecular weight is 339 g/mol. The number of phenols is 1. The van der Waals surface area contributed by atoms with Gasteiger partial charge < -0.3 is 19.9 Å². The third-order valence-corrected chi connectivity index (χ3v) is 3.28. The summed E-state index contributed by atoms with van der Waals surface area (Å²) < 4.78 is 11.5. The Kier molecular flexibility index (Phi) is 6.21. The van der Waals surface area contributed by atoms with E-state index in [4.69, 9.17) is 9.47 Å². The SMILES string of the molecule is CCOc1cc([C@H]2COCCN2)cc(Br)c1O.Cl. The molecule has 0 aromatic heterocycles. The van der Waals surface area contributed by atoms with Crippen molar-refractivity contribution in [1.29, 1.82) is 0 Å². The highest BCUT2D eigenvalue weighted by atomic mass is 79.9. The molecule has 0 saturated carbocycles. The van der Waals surface area contributed by atoms with Gasteiger partial charge in [-0.3, -0.25) is 0 Å². The average Bonchev–Trinajstić information content (AvgIpc) is 2.36. The van der Waals surface area contributed by atoms with Crippen LogP contribution in [0.1, 0.15) is 18.5 Å². The monoisotopic (exact) mass is 337 g/mol. The molecular formula is C12H17BrClNO3. The summed E-state index contributed by atoms with van der Waals surface area (Å²) in [4.78, 5) is 0. The van der Waals surface area contributed by atoms with Crippen LogP contribution in [0.4, 0.5) is 0 Å². The summed E-state index contributed by atoms with van der Waals surface area (Å²) in [5.74, 6) is 0.650. The van der Waals surface area contributed by atoms with Crippen molar-refractivity contribution in [2.75, 3.05) is 26.4 Å². The molecule has 0 aliphatic carbocycles. The van der Waals surface area contributed by atoms with Gasteiger partial charge in [-0.25, -0.2) is 0 Å². The fraction of sp³-hybridized carbons (Fsp3) is 0.500. The predicted octanol–water partition coefficient (Wildman–Crippen LogP) is 2.64. The third-order valence-electron chi connectivity index (χ3n) is 2.67. The molecule has 6 heteroatoms. The highest BCUT2D eigenvalue weighted by molar-refractivity contribution is 9.10. The first-order valence-corrected chi connectivity index (χ1v) is 6.48. The quantitative estimate of drug-likeness (QED) is 0.889. The Morgan fingerprint density at radius 3 is 2.94 bits per heavy atom. The number of rotatable bonds is 3. The number of nitrogens with one attached hydrogen (secondary N) is 1. The molecule has 1 aromatic carbocycles. The number of benzene rings is 1. The highest BCUT2D eigenvalue weighted by Gasteiger charge is 2.18. The van der Waals surface area contributed by atoms with E-state index in [0.29, 0.717) is 23.4 Å². The van der Waals surface area contributed by atoms with Crippen molar-refractivity contribution >= 4 is 28.3 Å². The van der Waals surface area contributed by atoms with Gasteiger partial charge in [0.15, 0.2) is 11.5 Å². The first kappa shape index (κ1) is 15.6. The van der Waals surface area contributed by atoms with Gasteiger partial charge in [-0.2, -0.15) is 0 Å². The van der Waals surface area contributed by atoms with Gasteiger partial charge in [0.2, 0.25) is 0 Å². The molecule has 4 nitrogen and oxygen atoms in total. The number of hydrogen-bond acceptors (Lipinski definition) is 4. The Hall–Kier alpha value is -0.490. The van der Waals surface area contributed by atoms with Crippen LogP contribution in [0.3, 0.4) is 0 Å². The van der Waals surface area contributed by atoms with Crippen LogP contribution < -0.4 is 10.1 Å². The summed E-state index contributed by atoms with van der Waals surface area (Å²) in [6, 6.07) is 3.90. The topological polar surface area (TPSA) is 50.7 Å². The van der Waals surface area contributed by atoms with Crippen molar-refractivity contribution in [3.8, 4) is 11.5 Å². The molecule has 0 spiro atoms. The molecule has 0 amide bonds. The van der Waals surface area contributed by atoms with Crippen LogP contribution in [0.25, 0.3) is 0 Å². The lowest BCUT2D eigenvalue weighted by Gasteiger charge is -2.25. The van der Waals surface area contributed by atoms with E-state index < -0.39 is 0 Å². The number of halogens is 2. The molecule has 2 rings (SSSR count). The number of aromatic hydroxyl groups is 1. The van der Waals surface area contributed by atoms with E-state index in [1.807, 2.05) is 19.1 Å². The zero-order valence-corrected chi connectivity index (χ0v) is 12.5. The standard InChI is InChI=1S/C12H16BrNO3.ClH/c1-2-17-11-6-8(5-9(13)12(11)15)10-7-16-4-3-14-10;/h5-6,10,14-15H,2-4,7H2,1H3;1H/t10-;/m1./s1. The first-order valence-electron chi connectivity index (χ1n) is 5.68. The summed E-state index contributed by atoms with van der Waals surface area (Å²) in [5, 5.41) is 13.2. The van der Waals surface area contributed by atoms with Crippen molar-refractivity contribution in [2.45, 2.75) is 13.0 Å². The van der Waals surface area contributed by atoms with Crippen LogP contribution >= 0.6 is 28.3 Å². The van der Waals surface area contributed by atoms with Crippen molar-refractivity contribution < 1.29 is 14.6 Å². The molecular weight excluding hydrogens is 321 g/mol. The van der Waals surface area contributed by atoms with Crippen LogP contribution in [0, 0.1) is 0 Å². The zero-order valence-electron chi connectivity index (χ0n) is 10.1. The summed E-state index contributed by atoms with van der Waals surface area (Å²) in [6.45, 7) is 4.64. The van der Waals surface area contributed by atoms with E-state index in [9.17, 15) is 5.11 Å². The minimum atomic E-state index is 0. The summed E-state index contributed by atoms with van der Waals surface area (Å²) >= 11 is 3.33. The van der Waals surface area contributed by atoms with Crippen LogP contribution in [0.15, 0.2) is 16.6 Å². The molecule has 0 bridgehead atoms. The molecule has 1 saturated heterocycles. The lowest BCUT2D eigenvalue weighted by molar-refractivity contribution is 0.0767. The van der Waals surface area contributed by atoms with Gasteiger partial charge >= 0.3 is 0 Å². The fourth-order valence-corrected chi connectivity index (χ4v) is 2.30. The maximum Gasteiger partial charge on any atom is 0.172 e. The molecule has 1 heterocycles. The minimum absolute atomic E-state index is 0. The van der Waals surface area contributed by atoms with E-state index in [0.717, 1.165) is 18.7 Å². The van der Waals surface area contributed by atoms with E-state index in [2.05, 4.69) is 21.2 Å². The molecule has 0 unspecified atom stereocenters. The highest BCUT2D eigenvalue weighted by Crippen LogP contribution is 2.37. The second-order valence-corrected chi connectivity index (χ2v) is 4.72. The number of ether oxygens (including phenoxy) is 2. The second-order valence-electron chi connectivity index (χ2n) is 3.86. The van der Waals surface area contributed by atoms with E-state index in [1.165, 1.54) is 0 Å². The Morgan fingerprint density at radius 2 is 2.33 bits per heavy atom. The Balaban J connectivity index is 0.00000162. The normalized spacial score (nSPS) is 19.1. The molecule has 1 aromatic rings. The van der Waals surface area contributed by atoms with E-state index >= 15 is 0 Å². The van der Waals surface area contributed by atoms with Gasteiger partial charge in [-0.15, -0.1) is 12.4 Å². The maximum atomic E-state index is 9.83. The molecule has 2 N–H and O–H groups in total. The first-order chi connectivity index (χ1) is 8.22. The predicted molar refractivity (Wildman–Crippen MR) is 75.8 cm³/mol. The maximum absolute atomic E-state index is 9.83. The van der Waals surface area contributed by atoms with E-state index in [1.54, 1.807) is 0 Å². The fourth-order valence-electron chi connectivity index (χ4n) is 1.84. The number of phenolic OH excluding ortho intramolecular Hbond substituents is 1. The summed E-state index contributed by atoms with van der Waals surface area (Å²) in [7, 11) is 0. The molecule has 0 radical (unpaired) electrons. The van der Waals surface area contributed by atoms with Gasteiger partial charge in [-0.05, 0) is 40.5 Å². The molecule has 1 atom stereocenters. The second kappa shape index (κ2) is 7.19. The van der Waals surface area contributed by atoms with Gasteiger partial charge in [-0.1, -0.05) is 0 Å². The summed E-state index contributed by atoms with van der Waals surface area (Å²) in [5.41, 5.74) is 1.05. The lowest BCUT2D eigenvalue weighted by atomic mass is 10.1. The summed E-state index contributed by atoms with van der Waals surface area (Å²) in [6.07, 6.45) is 0. The van der Waals surface area contributed by atoms with Crippen LogP contribution in [0.5, 0.6) is 11.5 Å². The smallest absolute Gasteiger partial charge is 0.172 e. The molecule has 18 heavy (non-hydrogen) atoms. The molecule has 1 fully saturated rings. The molecule has 1 aliphatic rings. The number of morpholine rings is 1. The van der Waals surface area contributed by atoms with Crippen molar-refractivity contribution in [2.24, 2.45) is 0 Å². The van der Waals surface area contributed by atoms with E-state index in [-0.39, 0.29) is 24.2 Å². The van der Waals surface area contributed by atoms with Gasteiger partial charge in [0.05, 0.1) is 30.3 Å². The van der Waals surface area contributed by atoms with Crippen LogP contribution in [0.2, 0.25) is 0 Å². The minimum Gasteiger partial charge on any atom is -0.503 e. The molecule has 102 valence electrons. The molecule has 1 aliphatic heterocycles. The Labute approximate surface area is 121 Å². The van der Waals surface area contributed by atoms with Crippen molar-refractivity contribution in [1.82, 2.24) is 5.32 Å². The number of hydrogen-bond donors (Lipinski definition) is 2. The van der Waals surface area contributed by atoms with Gasteiger partial charge in [0.1, 0.15) is 0 Å². The van der Waals surface area contributed by atoms with Crippen LogP contribution in [-0.2, 0) is 4.74 Å². The Bertz CT molecular complexity index is 397. The Morgan fingerprint density at radius 1 is 1.56 bits per heavy atom. The van der Waals surface area contributed by atoms with Gasteiger partial charge in [0.25, 0.3) is 0 Å².